The SMILES string of the molecule is C=Nc1c(C)c(OI)c(N)c(N)c1N=C. The van der Waals surface area contributed by atoms with Gasteiger partial charge in [-0.2, -0.15) is 0 Å². The van der Waals surface area contributed by atoms with Gasteiger partial charge in [-0.05, 0) is 20.4 Å². The van der Waals surface area contributed by atoms with Gasteiger partial charge in [0.25, 0.3) is 0 Å². The Balaban J connectivity index is 3.72. The van der Waals surface area contributed by atoms with Crippen LogP contribution in [-0.2, 0) is 0 Å². The van der Waals surface area contributed by atoms with Gasteiger partial charge < -0.3 is 14.5 Å². The number of benzene rings is 1. The summed E-state index contributed by atoms with van der Waals surface area (Å²) in [6.07, 6.45) is 0. The van der Waals surface area contributed by atoms with Crippen molar-refractivity contribution in [1.82, 2.24) is 0 Å². The normalized spacial score (nSPS) is 9.73. The van der Waals surface area contributed by atoms with Gasteiger partial charge in [0, 0.05) is 5.56 Å². The summed E-state index contributed by atoms with van der Waals surface area (Å²) in [4.78, 5) is 7.64. The first-order valence-electron chi connectivity index (χ1n) is 4.02. The lowest BCUT2D eigenvalue weighted by atomic mass is 10.1. The molecule has 0 saturated heterocycles. The number of nitrogens with two attached hydrogens (primary N) is 2. The number of rotatable bonds is 3. The van der Waals surface area contributed by atoms with Gasteiger partial charge in [-0.3, -0.25) is 9.98 Å². The quantitative estimate of drug-likeness (QED) is 0.510. The van der Waals surface area contributed by atoms with E-state index in [4.69, 9.17) is 14.5 Å². The second-order valence-corrected chi connectivity index (χ2v) is 3.31. The maximum atomic E-state index is 5.79. The van der Waals surface area contributed by atoms with E-state index in [-0.39, 0.29) is 0 Å². The minimum Gasteiger partial charge on any atom is -0.425 e. The summed E-state index contributed by atoms with van der Waals surface area (Å²) in [5.41, 5.74) is 14.0. The van der Waals surface area contributed by atoms with Crippen molar-refractivity contribution in [3.8, 4) is 5.75 Å². The molecule has 0 amide bonds. The van der Waals surface area contributed by atoms with Crippen LogP contribution in [0.3, 0.4) is 0 Å². The van der Waals surface area contributed by atoms with Gasteiger partial charge in [-0.25, -0.2) is 0 Å². The van der Waals surface area contributed by atoms with Crippen LogP contribution in [0.1, 0.15) is 5.56 Å². The van der Waals surface area contributed by atoms with Crippen molar-refractivity contribution in [2.45, 2.75) is 6.92 Å². The average molecular weight is 318 g/mol. The summed E-state index contributed by atoms with van der Waals surface area (Å²) in [6, 6.07) is 0. The summed E-state index contributed by atoms with van der Waals surface area (Å²) in [5, 5.41) is 0. The first-order valence-corrected chi connectivity index (χ1v) is 4.90. The first-order chi connectivity index (χ1) is 7.08. The van der Waals surface area contributed by atoms with Crippen molar-refractivity contribution in [3.05, 3.63) is 5.56 Å². The molecule has 0 radical (unpaired) electrons. The molecular weight excluding hydrogens is 307 g/mol. The molecule has 0 heterocycles. The summed E-state index contributed by atoms with van der Waals surface area (Å²) in [6.45, 7) is 8.68. The van der Waals surface area contributed by atoms with E-state index < -0.39 is 0 Å². The average Bonchev–Trinajstić information content (AvgIpc) is 2.23. The predicted molar refractivity (Wildman–Crippen MR) is 73.1 cm³/mol. The Morgan fingerprint density at radius 2 is 1.67 bits per heavy atom. The molecule has 0 aliphatic carbocycles. The Bertz CT molecular complexity index is 431. The van der Waals surface area contributed by atoms with E-state index in [2.05, 4.69) is 23.4 Å². The monoisotopic (exact) mass is 318 g/mol. The lowest BCUT2D eigenvalue weighted by Crippen LogP contribution is -1.99. The van der Waals surface area contributed by atoms with Crippen LogP contribution in [-0.4, -0.2) is 13.4 Å². The molecule has 4 N–H and O–H groups in total. The molecule has 15 heavy (non-hydrogen) atoms. The number of hydrogen-bond donors (Lipinski definition) is 2. The largest absolute Gasteiger partial charge is 0.425 e. The molecule has 0 spiro atoms. The van der Waals surface area contributed by atoms with Gasteiger partial charge >= 0.3 is 0 Å². The highest BCUT2D eigenvalue weighted by Gasteiger charge is 2.18. The molecule has 1 aromatic carbocycles. The van der Waals surface area contributed by atoms with Gasteiger partial charge in [0.05, 0.1) is 11.4 Å². The minimum atomic E-state index is 0.310. The van der Waals surface area contributed by atoms with Gasteiger partial charge in [0.15, 0.2) is 28.8 Å². The summed E-state index contributed by atoms with van der Waals surface area (Å²) < 4.78 is 5.11. The van der Waals surface area contributed by atoms with Crippen LogP contribution in [0.5, 0.6) is 5.75 Å². The van der Waals surface area contributed by atoms with Crippen LogP contribution in [0.25, 0.3) is 0 Å². The first kappa shape index (κ1) is 11.8. The van der Waals surface area contributed by atoms with Crippen molar-refractivity contribution in [3.63, 3.8) is 0 Å². The molecule has 0 aromatic heterocycles. The summed E-state index contributed by atoms with van der Waals surface area (Å²) in [5.74, 6) is 0.489. The zero-order valence-electron chi connectivity index (χ0n) is 8.25. The van der Waals surface area contributed by atoms with Gasteiger partial charge in [-0.15, -0.1) is 0 Å². The number of hydrogen-bond acceptors (Lipinski definition) is 5. The van der Waals surface area contributed by atoms with E-state index in [1.807, 2.05) is 6.92 Å². The number of anilines is 2. The second-order valence-electron chi connectivity index (χ2n) is 2.87. The smallest absolute Gasteiger partial charge is 0.192 e. The number of aliphatic imine (C=N–C) groups is 2. The minimum absolute atomic E-state index is 0.310. The summed E-state index contributed by atoms with van der Waals surface area (Å²) in [7, 11) is 0. The Morgan fingerprint density at radius 3 is 2.07 bits per heavy atom. The molecule has 0 saturated carbocycles. The standard InChI is InChI=1S/C9H11IN4O/c1-4-7(13-2)8(14-3)5(11)6(12)9(4)15-10/h2-3,11-12H2,1H3. The summed E-state index contributed by atoms with van der Waals surface area (Å²) >= 11 is 1.73. The van der Waals surface area contributed by atoms with Crippen LogP contribution in [0.4, 0.5) is 22.7 Å². The van der Waals surface area contributed by atoms with Crippen molar-refractivity contribution in [1.29, 1.82) is 0 Å². The third-order valence-corrected chi connectivity index (χ3v) is 2.54. The molecule has 0 unspecified atom stereocenters. The maximum absolute atomic E-state index is 5.79. The number of nitrogens with zero attached hydrogens (tertiary/aromatic N) is 2. The molecule has 0 aliphatic heterocycles. The van der Waals surface area contributed by atoms with Crippen LogP contribution in [0.2, 0.25) is 0 Å². The van der Waals surface area contributed by atoms with Crippen molar-refractivity contribution < 1.29 is 3.07 Å². The Hall–Kier alpha value is -1.31. The Kier molecular flexibility index (Phi) is 3.51. The van der Waals surface area contributed by atoms with Gasteiger partial charge in [0.1, 0.15) is 11.4 Å². The van der Waals surface area contributed by atoms with Crippen LogP contribution in [0, 0.1) is 6.92 Å². The van der Waals surface area contributed by atoms with Crippen LogP contribution < -0.4 is 14.5 Å². The highest BCUT2D eigenvalue weighted by atomic mass is 127. The molecule has 0 bridgehead atoms. The van der Waals surface area contributed by atoms with E-state index >= 15 is 0 Å². The molecule has 5 nitrogen and oxygen atoms in total. The zero-order valence-corrected chi connectivity index (χ0v) is 10.4. The number of halogens is 1. The lowest BCUT2D eigenvalue weighted by molar-refractivity contribution is 0.713. The molecule has 0 aliphatic rings. The highest BCUT2D eigenvalue weighted by molar-refractivity contribution is 14.1. The molecule has 6 heteroatoms. The van der Waals surface area contributed by atoms with Crippen molar-refractivity contribution in [2.75, 3.05) is 11.5 Å². The fourth-order valence-corrected chi connectivity index (χ4v) is 1.89. The molecule has 1 aromatic rings. The maximum Gasteiger partial charge on any atom is 0.192 e. The third kappa shape index (κ3) is 1.76. The Morgan fingerprint density at radius 1 is 1.13 bits per heavy atom. The predicted octanol–water partition coefficient (Wildman–Crippen LogP) is 2.55. The molecule has 1 rings (SSSR count). The Labute approximate surface area is 102 Å². The molecule has 0 atom stereocenters. The highest BCUT2D eigenvalue weighted by Crippen LogP contribution is 2.47. The van der Waals surface area contributed by atoms with E-state index in [1.165, 1.54) is 0 Å². The second kappa shape index (κ2) is 4.47. The number of nitrogen functional groups attached to an aromatic ring is 2. The zero-order chi connectivity index (χ0) is 11.6. The van der Waals surface area contributed by atoms with Crippen LogP contribution >= 0.6 is 23.0 Å². The van der Waals surface area contributed by atoms with E-state index in [1.54, 1.807) is 23.0 Å². The topological polar surface area (TPSA) is 86.0 Å². The molecular formula is C9H11IN4O. The van der Waals surface area contributed by atoms with Crippen molar-refractivity contribution in [2.24, 2.45) is 9.98 Å². The van der Waals surface area contributed by atoms with E-state index in [9.17, 15) is 0 Å². The van der Waals surface area contributed by atoms with E-state index in [0.717, 1.165) is 5.56 Å². The van der Waals surface area contributed by atoms with Crippen molar-refractivity contribution >= 4 is 59.2 Å². The van der Waals surface area contributed by atoms with Crippen LogP contribution in [0.15, 0.2) is 9.98 Å². The fourth-order valence-electron chi connectivity index (χ4n) is 1.32. The third-order valence-electron chi connectivity index (χ3n) is 2.10. The lowest BCUT2D eigenvalue weighted by Gasteiger charge is -2.14. The van der Waals surface area contributed by atoms with Gasteiger partial charge in [0.2, 0.25) is 0 Å². The fraction of sp³-hybridized carbons (Fsp3) is 0.111. The molecule has 80 valence electrons. The molecule has 0 fully saturated rings. The van der Waals surface area contributed by atoms with E-state index in [0.29, 0.717) is 28.5 Å². The van der Waals surface area contributed by atoms with Gasteiger partial charge in [-0.1, -0.05) is 0 Å².